The van der Waals surface area contributed by atoms with Crippen molar-refractivity contribution in [3.05, 3.63) is 77.9 Å². The molecule has 0 fully saturated rings. The van der Waals surface area contributed by atoms with Crippen molar-refractivity contribution >= 4 is 45.0 Å². The van der Waals surface area contributed by atoms with Crippen molar-refractivity contribution in [1.29, 1.82) is 0 Å². The fourth-order valence-corrected chi connectivity index (χ4v) is 4.57. The number of benzene rings is 3. The van der Waals surface area contributed by atoms with Crippen LogP contribution in [0, 0.1) is 0 Å². The predicted molar refractivity (Wildman–Crippen MR) is 103 cm³/mol. The summed E-state index contributed by atoms with van der Waals surface area (Å²) in [5.74, 6) is -0.401. The first kappa shape index (κ1) is 15.2. The molecule has 2 aliphatic rings. The van der Waals surface area contributed by atoms with Crippen LogP contribution in [0.4, 0.5) is 5.69 Å². The summed E-state index contributed by atoms with van der Waals surface area (Å²) in [6.45, 7) is 0. The van der Waals surface area contributed by atoms with Crippen molar-refractivity contribution in [2.45, 2.75) is 4.87 Å². The van der Waals surface area contributed by atoms with Crippen LogP contribution in [-0.4, -0.2) is 16.7 Å². The van der Waals surface area contributed by atoms with E-state index in [0.29, 0.717) is 11.3 Å². The molecule has 3 aromatic carbocycles. The van der Waals surface area contributed by atoms with E-state index in [1.165, 1.54) is 0 Å². The van der Waals surface area contributed by atoms with Crippen molar-refractivity contribution in [3.8, 4) is 0 Å². The van der Waals surface area contributed by atoms with Crippen LogP contribution in [0.25, 0.3) is 10.8 Å². The Kier molecular flexibility index (Phi) is 3.17. The number of hydrazone groups is 1. The third kappa shape index (κ3) is 2.02. The van der Waals surface area contributed by atoms with Crippen LogP contribution < -0.4 is 10.7 Å². The molecule has 1 amide bonds. The molecule has 5 rings (SSSR count). The molecule has 0 aromatic heterocycles. The second-order valence-electron chi connectivity index (χ2n) is 6.17. The Hall–Kier alpha value is -3.12. The fourth-order valence-electron chi connectivity index (χ4n) is 3.47. The summed E-state index contributed by atoms with van der Waals surface area (Å²) in [5, 5.41) is 9.18. The average Bonchev–Trinajstić information content (AvgIpc) is 3.22. The van der Waals surface area contributed by atoms with Gasteiger partial charge in [-0.3, -0.25) is 15.0 Å². The standard InChI is InChI=1S/C20H13N3O2S/c24-17-14-10-4-6-12-7-5-11-15(16(12)14)20(17)23-22-19(26-20)18(25)21-13-8-2-1-3-9-13/h1-11,23H,(H,21,25). The number of para-hydroxylation sites is 1. The van der Waals surface area contributed by atoms with Gasteiger partial charge in [-0.25, -0.2) is 0 Å². The van der Waals surface area contributed by atoms with Crippen LogP contribution in [0.1, 0.15) is 15.9 Å². The number of Topliss-reactive ketones (excluding diaryl/α,β-unsaturated/α-hetero) is 1. The number of thioether (sulfide) groups is 1. The topological polar surface area (TPSA) is 70.6 Å². The molecule has 0 saturated carbocycles. The van der Waals surface area contributed by atoms with E-state index in [4.69, 9.17) is 0 Å². The molecule has 3 aromatic rings. The molecule has 1 atom stereocenters. The van der Waals surface area contributed by atoms with Gasteiger partial charge in [0.2, 0.25) is 5.78 Å². The smallest absolute Gasteiger partial charge is 0.282 e. The molecule has 26 heavy (non-hydrogen) atoms. The molecule has 0 saturated heterocycles. The molecule has 2 N–H and O–H groups in total. The maximum atomic E-state index is 13.1. The lowest BCUT2D eigenvalue weighted by Gasteiger charge is -2.21. The van der Waals surface area contributed by atoms with Crippen molar-refractivity contribution in [1.82, 2.24) is 5.43 Å². The van der Waals surface area contributed by atoms with Crippen molar-refractivity contribution in [2.24, 2.45) is 5.10 Å². The van der Waals surface area contributed by atoms with Gasteiger partial charge in [-0.1, -0.05) is 66.4 Å². The Morgan fingerprint density at radius 3 is 2.58 bits per heavy atom. The van der Waals surface area contributed by atoms with Gasteiger partial charge in [-0.2, -0.15) is 5.10 Å². The minimum atomic E-state index is -1.06. The molecule has 126 valence electrons. The number of carbonyl (C=O) groups excluding carboxylic acids is 2. The zero-order valence-corrected chi connectivity index (χ0v) is 14.3. The Morgan fingerprint density at radius 1 is 1.00 bits per heavy atom. The van der Waals surface area contributed by atoms with Crippen LogP contribution in [0.5, 0.6) is 0 Å². The van der Waals surface area contributed by atoms with E-state index in [1.807, 2.05) is 54.6 Å². The number of hydrogen-bond donors (Lipinski definition) is 2. The zero-order valence-electron chi connectivity index (χ0n) is 13.5. The van der Waals surface area contributed by atoms with E-state index >= 15 is 0 Å². The van der Waals surface area contributed by atoms with Gasteiger partial charge < -0.3 is 5.32 Å². The molecule has 1 unspecified atom stereocenters. The second kappa shape index (κ2) is 5.44. The number of anilines is 1. The monoisotopic (exact) mass is 359 g/mol. The van der Waals surface area contributed by atoms with Gasteiger partial charge in [0.1, 0.15) is 0 Å². The molecule has 1 spiro atoms. The number of nitrogens with zero attached hydrogens (tertiary/aromatic N) is 1. The molecule has 5 nitrogen and oxygen atoms in total. The summed E-state index contributed by atoms with van der Waals surface area (Å²) >= 11 is 1.16. The summed E-state index contributed by atoms with van der Waals surface area (Å²) in [6.07, 6.45) is 0. The zero-order chi connectivity index (χ0) is 17.7. The Bertz CT molecular complexity index is 1110. The van der Waals surface area contributed by atoms with Gasteiger partial charge in [0.15, 0.2) is 9.91 Å². The third-order valence-corrected chi connectivity index (χ3v) is 5.91. The minimum absolute atomic E-state index is 0.0689. The molecule has 0 bridgehead atoms. The van der Waals surface area contributed by atoms with Gasteiger partial charge in [0.05, 0.1) is 0 Å². The van der Waals surface area contributed by atoms with E-state index < -0.39 is 4.87 Å². The number of amides is 1. The molecule has 6 heteroatoms. The van der Waals surface area contributed by atoms with Gasteiger partial charge in [-0.15, -0.1) is 0 Å². The van der Waals surface area contributed by atoms with E-state index in [-0.39, 0.29) is 16.7 Å². The quantitative estimate of drug-likeness (QED) is 0.735. The Balaban J connectivity index is 1.49. The first-order valence-electron chi connectivity index (χ1n) is 8.16. The lowest BCUT2D eigenvalue weighted by atomic mass is 10.0. The highest BCUT2D eigenvalue weighted by atomic mass is 32.2. The summed E-state index contributed by atoms with van der Waals surface area (Å²) in [5.41, 5.74) is 5.15. The number of fused-ring (bicyclic) bond motifs is 1. The van der Waals surface area contributed by atoms with Crippen molar-refractivity contribution in [2.75, 3.05) is 5.32 Å². The SMILES string of the molecule is O=C(Nc1ccccc1)C1=NNC2(S1)C(=O)c1cccc3cccc2c13. The van der Waals surface area contributed by atoms with Crippen LogP contribution in [-0.2, 0) is 9.67 Å². The van der Waals surface area contributed by atoms with E-state index in [0.717, 1.165) is 28.1 Å². The normalized spacial score (nSPS) is 20.3. The summed E-state index contributed by atoms with van der Waals surface area (Å²) < 4.78 is 0. The number of rotatable bonds is 2. The number of nitrogens with one attached hydrogen (secondary N) is 2. The van der Waals surface area contributed by atoms with Crippen molar-refractivity contribution in [3.63, 3.8) is 0 Å². The second-order valence-corrected chi connectivity index (χ2v) is 7.37. The highest BCUT2D eigenvalue weighted by Crippen LogP contribution is 2.50. The summed E-state index contributed by atoms with van der Waals surface area (Å²) in [6, 6.07) is 20.7. The molecule has 1 heterocycles. The van der Waals surface area contributed by atoms with Crippen LogP contribution >= 0.6 is 11.8 Å². The molecule has 1 aliphatic heterocycles. The van der Waals surface area contributed by atoms with Crippen LogP contribution in [0.3, 0.4) is 0 Å². The number of carbonyl (C=O) groups is 2. The Labute approximate surface area is 153 Å². The minimum Gasteiger partial charge on any atom is -0.320 e. The Morgan fingerprint density at radius 2 is 1.77 bits per heavy atom. The molecular formula is C20H13N3O2S. The summed E-state index contributed by atoms with van der Waals surface area (Å²) in [7, 11) is 0. The van der Waals surface area contributed by atoms with Crippen LogP contribution in [0.2, 0.25) is 0 Å². The van der Waals surface area contributed by atoms with E-state index in [9.17, 15) is 9.59 Å². The van der Waals surface area contributed by atoms with E-state index in [1.54, 1.807) is 12.1 Å². The van der Waals surface area contributed by atoms with Crippen molar-refractivity contribution < 1.29 is 9.59 Å². The van der Waals surface area contributed by atoms with Gasteiger partial charge in [0, 0.05) is 16.8 Å². The average molecular weight is 359 g/mol. The van der Waals surface area contributed by atoms with Gasteiger partial charge >= 0.3 is 0 Å². The fraction of sp³-hybridized carbons (Fsp3) is 0.0500. The summed E-state index contributed by atoms with van der Waals surface area (Å²) in [4.78, 5) is 24.6. The number of hydrogen-bond acceptors (Lipinski definition) is 5. The third-order valence-electron chi connectivity index (χ3n) is 4.64. The van der Waals surface area contributed by atoms with Gasteiger partial charge in [-0.05, 0) is 22.9 Å². The molecule has 0 radical (unpaired) electrons. The van der Waals surface area contributed by atoms with Gasteiger partial charge in [0.25, 0.3) is 5.91 Å². The lowest BCUT2D eigenvalue weighted by Crippen LogP contribution is -2.38. The maximum Gasteiger partial charge on any atom is 0.282 e. The number of ketones is 1. The van der Waals surface area contributed by atoms with E-state index in [2.05, 4.69) is 15.8 Å². The lowest BCUT2D eigenvalue weighted by molar-refractivity contribution is -0.110. The first-order valence-corrected chi connectivity index (χ1v) is 8.98. The highest BCUT2D eigenvalue weighted by molar-refractivity contribution is 8.17. The maximum absolute atomic E-state index is 13.1. The predicted octanol–water partition coefficient (Wildman–Crippen LogP) is 3.48. The molecular weight excluding hydrogens is 346 g/mol. The van der Waals surface area contributed by atoms with Crippen LogP contribution in [0.15, 0.2) is 71.8 Å². The largest absolute Gasteiger partial charge is 0.320 e. The first-order chi connectivity index (χ1) is 12.7. The molecule has 1 aliphatic carbocycles. The highest BCUT2D eigenvalue weighted by Gasteiger charge is 2.53.